The van der Waals surface area contributed by atoms with Crippen molar-refractivity contribution in [1.29, 1.82) is 0 Å². The molecule has 2 unspecified atom stereocenters. The molecule has 0 amide bonds. The molecule has 0 aromatic carbocycles. The normalized spacial score (nSPS) is 26.9. The molecule has 2 atom stereocenters. The summed E-state index contributed by atoms with van der Waals surface area (Å²) < 4.78 is 25.4. The van der Waals surface area contributed by atoms with Crippen molar-refractivity contribution in [2.75, 3.05) is 12.8 Å². The number of hydrogen-bond acceptors (Lipinski definition) is 3. The monoisotopic (exact) mass is 264 g/mol. The van der Waals surface area contributed by atoms with Gasteiger partial charge in [0, 0.05) is 13.1 Å². The van der Waals surface area contributed by atoms with Crippen LogP contribution < -0.4 is 5.73 Å². The van der Waals surface area contributed by atoms with Crippen LogP contribution in [0.4, 0.5) is 0 Å². The van der Waals surface area contributed by atoms with Gasteiger partial charge in [-0.15, -0.1) is 0 Å². The standard InChI is InChI=1S/C10H20N2O2S2/c1-8-5-3-4-6-9(8)12(2)16(13,14)7-10(11)15/h8-9H,3-7H2,1-2H3,(H2,11,15). The summed E-state index contributed by atoms with van der Waals surface area (Å²) in [5, 5.41) is 0. The summed E-state index contributed by atoms with van der Waals surface area (Å²) in [6.45, 7) is 2.11. The topological polar surface area (TPSA) is 63.4 Å². The van der Waals surface area contributed by atoms with E-state index in [1.807, 2.05) is 0 Å². The Labute approximate surface area is 103 Å². The molecule has 0 saturated heterocycles. The van der Waals surface area contributed by atoms with Gasteiger partial charge < -0.3 is 5.73 Å². The summed E-state index contributed by atoms with van der Waals surface area (Å²) in [5.41, 5.74) is 5.31. The van der Waals surface area contributed by atoms with Crippen molar-refractivity contribution in [3.8, 4) is 0 Å². The van der Waals surface area contributed by atoms with Gasteiger partial charge in [0.25, 0.3) is 0 Å². The van der Waals surface area contributed by atoms with Gasteiger partial charge in [0.1, 0.15) is 5.75 Å². The fourth-order valence-corrected chi connectivity index (χ4v) is 4.06. The summed E-state index contributed by atoms with van der Waals surface area (Å²) in [4.78, 5) is 0.0373. The van der Waals surface area contributed by atoms with E-state index in [1.165, 1.54) is 10.7 Å². The Morgan fingerprint density at radius 2 is 2.00 bits per heavy atom. The van der Waals surface area contributed by atoms with Gasteiger partial charge in [0.2, 0.25) is 10.0 Å². The Hall–Kier alpha value is -0.200. The number of nitrogens with zero attached hydrogens (tertiary/aromatic N) is 1. The average Bonchev–Trinajstić information content (AvgIpc) is 2.15. The van der Waals surface area contributed by atoms with E-state index in [0.29, 0.717) is 5.92 Å². The minimum absolute atomic E-state index is 0.0373. The van der Waals surface area contributed by atoms with Crippen molar-refractivity contribution < 1.29 is 8.42 Å². The first-order valence-corrected chi connectivity index (χ1v) is 7.60. The summed E-state index contributed by atoms with van der Waals surface area (Å²) in [6, 6.07) is 0.105. The molecule has 0 bridgehead atoms. The highest BCUT2D eigenvalue weighted by molar-refractivity contribution is 7.92. The second-order valence-corrected chi connectivity index (χ2v) is 7.12. The lowest BCUT2D eigenvalue weighted by Crippen LogP contribution is -2.45. The van der Waals surface area contributed by atoms with Gasteiger partial charge in [0.15, 0.2) is 0 Å². The molecule has 2 N–H and O–H groups in total. The Balaban J connectivity index is 2.75. The van der Waals surface area contributed by atoms with Crippen LogP contribution in [0.15, 0.2) is 0 Å². The van der Waals surface area contributed by atoms with Crippen molar-refractivity contribution in [2.24, 2.45) is 11.7 Å². The molecule has 1 fully saturated rings. The van der Waals surface area contributed by atoms with Gasteiger partial charge in [-0.05, 0) is 18.8 Å². The Kier molecular flexibility index (Phi) is 4.70. The maximum atomic E-state index is 11.9. The third-order valence-electron chi connectivity index (χ3n) is 3.30. The highest BCUT2D eigenvalue weighted by atomic mass is 32.2. The molecule has 0 aromatic rings. The van der Waals surface area contributed by atoms with Gasteiger partial charge in [-0.1, -0.05) is 32.0 Å². The van der Waals surface area contributed by atoms with Crippen LogP contribution in [-0.2, 0) is 10.0 Å². The van der Waals surface area contributed by atoms with Gasteiger partial charge in [-0.25, -0.2) is 12.7 Å². The van der Waals surface area contributed by atoms with Crippen molar-refractivity contribution >= 4 is 27.2 Å². The first-order valence-electron chi connectivity index (χ1n) is 5.58. The van der Waals surface area contributed by atoms with E-state index in [0.717, 1.165) is 19.3 Å². The lowest BCUT2D eigenvalue weighted by atomic mass is 9.86. The van der Waals surface area contributed by atoms with Crippen LogP contribution >= 0.6 is 12.2 Å². The number of rotatable bonds is 4. The fourth-order valence-electron chi connectivity index (χ4n) is 2.32. The molecule has 1 aliphatic carbocycles. The van der Waals surface area contributed by atoms with Crippen LogP contribution in [-0.4, -0.2) is 36.6 Å². The lowest BCUT2D eigenvalue weighted by Gasteiger charge is -2.35. The Bertz CT molecular complexity index is 354. The second kappa shape index (κ2) is 5.42. The van der Waals surface area contributed by atoms with E-state index < -0.39 is 10.0 Å². The number of nitrogens with two attached hydrogens (primary N) is 1. The van der Waals surface area contributed by atoms with Crippen molar-refractivity contribution in [3.05, 3.63) is 0 Å². The zero-order valence-electron chi connectivity index (χ0n) is 9.85. The second-order valence-electron chi connectivity index (χ2n) is 4.57. The van der Waals surface area contributed by atoms with Gasteiger partial charge in [-0.2, -0.15) is 0 Å². The quantitative estimate of drug-likeness (QED) is 0.773. The van der Waals surface area contributed by atoms with Crippen molar-refractivity contribution in [1.82, 2.24) is 4.31 Å². The van der Waals surface area contributed by atoms with Crippen LogP contribution in [0.25, 0.3) is 0 Å². The van der Waals surface area contributed by atoms with Crippen LogP contribution in [0.5, 0.6) is 0 Å². The SMILES string of the molecule is CC1CCCCC1N(C)S(=O)(=O)CC(N)=S. The molecular weight excluding hydrogens is 244 g/mol. The molecule has 16 heavy (non-hydrogen) atoms. The molecule has 0 aliphatic heterocycles. The first-order chi connectivity index (χ1) is 7.34. The first kappa shape index (κ1) is 13.9. The highest BCUT2D eigenvalue weighted by Gasteiger charge is 2.32. The molecule has 0 heterocycles. The largest absolute Gasteiger partial charge is 0.392 e. The van der Waals surface area contributed by atoms with Gasteiger partial charge >= 0.3 is 0 Å². The Morgan fingerprint density at radius 3 is 2.50 bits per heavy atom. The lowest BCUT2D eigenvalue weighted by molar-refractivity contribution is 0.214. The van der Waals surface area contributed by atoms with Crippen LogP contribution in [0, 0.1) is 5.92 Å². The molecule has 0 radical (unpaired) electrons. The molecule has 1 rings (SSSR count). The maximum absolute atomic E-state index is 11.9. The molecule has 0 aromatic heterocycles. The zero-order valence-corrected chi connectivity index (χ0v) is 11.5. The van der Waals surface area contributed by atoms with Gasteiger partial charge in [-0.3, -0.25) is 0 Å². The number of sulfonamides is 1. The molecule has 1 aliphatic rings. The molecule has 0 spiro atoms. The molecule has 1 saturated carbocycles. The van der Waals surface area contributed by atoms with Crippen LogP contribution in [0.3, 0.4) is 0 Å². The predicted octanol–water partition coefficient (Wildman–Crippen LogP) is 1.11. The summed E-state index contributed by atoms with van der Waals surface area (Å²) in [7, 11) is -1.69. The van der Waals surface area contributed by atoms with E-state index in [9.17, 15) is 8.42 Å². The fraction of sp³-hybridized carbons (Fsp3) is 0.900. The van der Waals surface area contributed by atoms with Crippen LogP contribution in [0.1, 0.15) is 32.6 Å². The highest BCUT2D eigenvalue weighted by Crippen LogP contribution is 2.28. The minimum Gasteiger partial charge on any atom is -0.392 e. The van der Waals surface area contributed by atoms with E-state index in [4.69, 9.17) is 5.73 Å². The van der Waals surface area contributed by atoms with E-state index >= 15 is 0 Å². The Morgan fingerprint density at radius 1 is 1.44 bits per heavy atom. The third kappa shape index (κ3) is 3.40. The minimum atomic E-state index is -3.32. The molecule has 94 valence electrons. The predicted molar refractivity (Wildman–Crippen MR) is 69.8 cm³/mol. The maximum Gasteiger partial charge on any atom is 0.220 e. The summed E-state index contributed by atoms with van der Waals surface area (Å²) in [5.74, 6) is 0.196. The van der Waals surface area contributed by atoms with Crippen molar-refractivity contribution in [3.63, 3.8) is 0 Å². The average molecular weight is 264 g/mol. The van der Waals surface area contributed by atoms with Crippen LogP contribution in [0.2, 0.25) is 0 Å². The molecular formula is C10H20N2O2S2. The number of hydrogen-bond donors (Lipinski definition) is 1. The third-order valence-corrected chi connectivity index (χ3v) is 5.45. The zero-order chi connectivity index (χ0) is 12.3. The molecule has 4 nitrogen and oxygen atoms in total. The number of thiocarbonyl (C=S) groups is 1. The van der Waals surface area contributed by atoms with E-state index in [1.54, 1.807) is 7.05 Å². The van der Waals surface area contributed by atoms with Gasteiger partial charge in [0.05, 0.1) is 4.99 Å². The van der Waals surface area contributed by atoms with Crippen molar-refractivity contribution in [2.45, 2.75) is 38.6 Å². The van der Waals surface area contributed by atoms with E-state index in [2.05, 4.69) is 19.1 Å². The summed E-state index contributed by atoms with van der Waals surface area (Å²) >= 11 is 4.67. The summed E-state index contributed by atoms with van der Waals surface area (Å²) in [6.07, 6.45) is 4.33. The smallest absolute Gasteiger partial charge is 0.220 e. The molecule has 6 heteroatoms. The van der Waals surface area contributed by atoms with E-state index in [-0.39, 0.29) is 16.8 Å².